The first kappa shape index (κ1) is 17.6. The van der Waals surface area contributed by atoms with Crippen LogP contribution in [-0.2, 0) is 24.2 Å². The topological polar surface area (TPSA) is 87.8 Å². The SMILES string of the molecule is CC(C)[C@](C)(C#N)NC(=O)Cn1cnc2sc3c(c2c1=O)CCCC3. The van der Waals surface area contributed by atoms with Crippen molar-refractivity contribution in [3.8, 4) is 6.07 Å². The fraction of sp³-hybridized carbons (Fsp3) is 0.556. The van der Waals surface area contributed by atoms with Gasteiger partial charge in [0.2, 0.25) is 5.91 Å². The fourth-order valence-electron chi connectivity index (χ4n) is 3.08. The minimum absolute atomic E-state index is 0.0392. The van der Waals surface area contributed by atoms with Crippen LogP contribution in [0.5, 0.6) is 0 Å². The zero-order valence-corrected chi connectivity index (χ0v) is 15.6. The van der Waals surface area contributed by atoms with E-state index < -0.39 is 5.54 Å². The molecule has 132 valence electrons. The zero-order chi connectivity index (χ0) is 18.2. The summed E-state index contributed by atoms with van der Waals surface area (Å²) < 4.78 is 1.34. The number of carbonyl (C=O) groups is 1. The number of aromatic nitrogens is 2. The minimum Gasteiger partial charge on any atom is -0.336 e. The van der Waals surface area contributed by atoms with Crippen molar-refractivity contribution in [3.63, 3.8) is 0 Å². The summed E-state index contributed by atoms with van der Waals surface area (Å²) in [6.45, 7) is 5.31. The Morgan fingerprint density at radius 2 is 2.20 bits per heavy atom. The molecule has 1 atom stereocenters. The summed E-state index contributed by atoms with van der Waals surface area (Å²) in [6.07, 6.45) is 5.58. The molecule has 0 saturated carbocycles. The van der Waals surface area contributed by atoms with Crippen LogP contribution in [0.1, 0.15) is 44.1 Å². The van der Waals surface area contributed by atoms with Gasteiger partial charge in [-0.05, 0) is 44.1 Å². The molecule has 0 spiro atoms. The highest BCUT2D eigenvalue weighted by Crippen LogP contribution is 2.33. The van der Waals surface area contributed by atoms with E-state index in [1.54, 1.807) is 18.3 Å². The molecule has 0 aromatic carbocycles. The third-order valence-electron chi connectivity index (χ3n) is 5.04. The van der Waals surface area contributed by atoms with Gasteiger partial charge in [0.1, 0.15) is 16.9 Å². The lowest BCUT2D eigenvalue weighted by Gasteiger charge is -2.27. The smallest absolute Gasteiger partial charge is 0.262 e. The molecule has 0 radical (unpaired) electrons. The molecule has 0 unspecified atom stereocenters. The van der Waals surface area contributed by atoms with Crippen LogP contribution in [0, 0.1) is 17.2 Å². The Bertz CT molecular complexity index is 922. The second-order valence-corrected chi connectivity index (χ2v) is 8.17. The molecule has 2 heterocycles. The lowest BCUT2D eigenvalue weighted by Crippen LogP contribution is -2.50. The fourth-order valence-corrected chi connectivity index (χ4v) is 4.30. The van der Waals surface area contributed by atoms with Crippen LogP contribution >= 0.6 is 11.3 Å². The molecular weight excluding hydrogens is 336 g/mol. The van der Waals surface area contributed by atoms with E-state index in [9.17, 15) is 14.9 Å². The van der Waals surface area contributed by atoms with Crippen LogP contribution in [0.3, 0.4) is 0 Å². The maximum atomic E-state index is 12.9. The average Bonchev–Trinajstić information content (AvgIpc) is 2.96. The molecule has 25 heavy (non-hydrogen) atoms. The summed E-state index contributed by atoms with van der Waals surface area (Å²) in [5.74, 6) is -0.396. The quantitative estimate of drug-likeness (QED) is 0.909. The van der Waals surface area contributed by atoms with Crippen molar-refractivity contribution < 1.29 is 4.79 Å². The third-order valence-corrected chi connectivity index (χ3v) is 6.24. The number of aryl methyl sites for hydroxylation is 2. The van der Waals surface area contributed by atoms with Gasteiger partial charge in [-0.2, -0.15) is 5.26 Å². The molecular formula is C18H22N4O2S. The lowest BCUT2D eigenvalue weighted by molar-refractivity contribution is -0.123. The molecule has 1 N–H and O–H groups in total. The Kier molecular flexibility index (Phi) is 4.65. The van der Waals surface area contributed by atoms with Crippen LogP contribution in [0.2, 0.25) is 0 Å². The Balaban J connectivity index is 1.90. The summed E-state index contributed by atoms with van der Waals surface area (Å²) in [6, 6.07) is 2.14. The minimum atomic E-state index is -0.959. The second kappa shape index (κ2) is 6.60. The monoisotopic (exact) mass is 358 g/mol. The van der Waals surface area contributed by atoms with Gasteiger partial charge in [-0.3, -0.25) is 14.2 Å². The van der Waals surface area contributed by atoms with Gasteiger partial charge in [0.05, 0.1) is 17.8 Å². The Morgan fingerprint density at radius 1 is 1.48 bits per heavy atom. The number of hydrogen-bond acceptors (Lipinski definition) is 5. The van der Waals surface area contributed by atoms with Crippen molar-refractivity contribution in [1.82, 2.24) is 14.9 Å². The zero-order valence-electron chi connectivity index (χ0n) is 14.8. The largest absolute Gasteiger partial charge is 0.336 e. The van der Waals surface area contributed by atoms with Gasteiger partial charge in [-0.1, -0.05) is 13.8 Å². The molecule has 6 nitrogen and oxygen atoms in total. The Hall–Kier alpha value is -2.20. The summed E-state index contributed by atoms with van der Waals surface area (Å²) in [7, 11) is 0. The van der Waals surface area contributed by atoms with E-state index >= 15 is 0 Å². The van der Waals surface area contributed by atoms with Crippen molar-refractivity contribution >= 4 is 27.5 Å². The van der Waals surface area contributed by atoms with Crippen LogP contribution < -0.4 is 10.9 Å². The van der Waals surface area contributed by atoms with Gasteiger partial charge in [0.15, 0.2) is 0 Å². The molecule has 2 aromatic heterocycles. The van der Waals surface area contributed by atoms with Gasteiger partial charge >= 0.3 is 0 Å². The standard InChI is InChI=1S/C18H22N4O2S/c1-11(2)18(3,9-19)21-14(23)8-22-10-20-16-15(17(22)24)12-6-4-5-7-13(12)25-16/h10-11H,4-8H2,1-3H3,(H,21,23)/t18-/m0/s1. The molecule has 0 saturated heterocycles. The summed E-state index contributed by atoms with van der Waals surface area (Å²) >= 11 is 1.59. The molecule has 1 amide bonds. The molecule has 3 rings (SSSR count). The van der Waals surface area contributed by atoms with Gasteiger partial charge in [-0.25, -0.2) is 4.98 Å². The number of rotatable bonds is 4. The van der Waals surface area contributed by atoms with Crippen molar-refractivity contribution in [3.05, 3.63) is 27.1 Å². The summed E-state index contributed by atoms with van der Waals surface area (Å²) in [4.78, 5) is 31.6. The number of hydrogen-bond donors (Lipinski definition) is 1. The van der Waals surface area contributed by atoms with Gasteiger partial charge in [0, 0.05) is 4.88 Å². The van der Waals surface area contributed by atoms with Crippen LogP contribution in [0.25, 0.3) is 10.2 Å². The molecule has 0 aliphatic heterocycles. The molecule has 1 aliphatic rings. The maximum Gasteiger partial charge on any atom is 0.262 e. The number of amides is 1. The van der Waals surface area contributed by atoms with E-state index in [4.69, 9.17) is 0 Å². The average molecular weight is 358 g/mol. The van der Waals surface area contributed by atoms with Crippen molar-refractivity contribution in [2.75, 3.05) is 0 Å². The molecule has 0 bridgehead atoms. The highest BCUT2D eigenvalue weighted by molar-refractivity contribution is 7.18. The van der Waals surface area contributed by atoms with E-state index in [1.165, 1.54) is 15.8 Å². The van der Waals surface area contributed by atoms with E-state index in [0.717, 1.165) is 36.1 Å². The van der Waals surface area contributed by atoms with E-state index in [1.807, 2.05) is 13.8 Å². The predicted molar refractivity (Wildman–Crippen MR) is 97.5 cm³/mol. The first-order valence-electron chi connectivity index (χ1n) is 8.57. The number of carbonyl (C=O) groups excluding carboxylic acids is 1. The molecule has 7 heteroatoms. The number of thiophene rings is 1. The molecule has 2 aromatic rings. The maximum absolute atomic E-state index is 12.9. The van der Waals surface area contributed by atoms with Gasteiger partial charge in [0.25, 0.3) is 5.56 Å². The third kappa shape index (κ3) is 3.19. The van der Waals surface area contributed by atoms with Crippen molar-refractivity contribution in [2.45, 2.75) is 58.5 Å². The van der Waals surface area contributed by atoms with Crippen LogP contribution in [0.4, 0.5) is 0 Å². The molecule has 0 fully saturated rings. The lowest BCUT2D eigenvalue weighted by atomic mass is 9.90. The predicted octanol–water partition coefficient (Wildman–Crippen LogP) is 2.39. The van der Waals surface area contributed by atoms with E-state index in [2.05, 4.69) is 16.4 Å². The highest BCUT2D eigenvalue weighted by atomic mass is 32.1. The van der Waals surface area contributed by atoms with Gasteiger partial charge in [-0.15, -0.1) is 11.3 Å². The van der Waals surface area contributed by atoms with Crippen molar-refractivity contribution in [1.29, 1.82) is 5.26 Å². The van der Waals surface area contributed by atoms with E-state index in [-0.39, 0.29) is 23.9 Å². The number of nitrogens with one attached hydrogen (secondary N) is 1. The number of fused-ring (bicyclic) bond motifs is 3. The Morgan fingerprint density at radius 3 is 2.88 bits per heavy atom. The first-order valence-corrected chi connectivity index (χ1v) is 9.39. The van der Waals surface area contributed by atoms with Gasteiger partial charge < -0.3 is 5.32 Å². The van der Waals surface area contributed by atoms with Crippen LogP contribution in [0.15, 0.2) is 11.1 Å². The van der Waals surface area contributed by atoms with Crippen LogP contribution in [-0.4, -0.2) is 21.0 Å². The number of nitrogens with zero attached hydrogens (tertiary/aromatic N) is 3. The van der Waals surface area contributed by atoms with Crippen molar-refractivity contribution in [2.24, 2.45) is 5.92 Å². The Labute approximate surface area is 150 Å². The summed E-state index contributed by atoms with van der Waals surface area (Å²) in [5.41, 5.74) is -0.00920. The highest BCUT2D eigenvalue weighted by Gasteiger charge is 2.30. The summed E-state index contributed by atoms with van der Waals surface area (Å²) in [5, 5.41) is 12.7. The number of nitriles is 1. The second-order valence-electron chi connectivity index (χ2n) is 7.09. The normalized spacial score (nSPS) is 16.3. The molecule has 1 aliphatic carbocycles. The first-order chi connectivity index (χ1) is 11.9. The van der Waals surface area contributed by atoms with E-state index in [0.29, 0.717) is 5.39 Å².